The van der Waals surface area contributed by atoms with Gasteiger partial charge >= 0.3 is 0 Å². The monoisotopic (exact) mass is 457 g/mol. The Balaban J connectivity index is 1.52. The number of Topliss-reactive ketones (excluding diaryl/α,β-unsaturated/α-hetero) is 1. The maximum absolute atomic E-state index is 13.6. The standard InChI is InChI=1S/C25H31NO5S/c1-19-5-7-20(8-6-19)18-21(27)4-3-15-31-22-9-11-23(12-10-22)32(2,29)25(24(26)28)13-16-30-17-14-25/h5-12H,2-4,13-18H2,1H3,(H2,26,28). The van der Waals surface area contributed by atoms with E-state index < -0.39 is 20.2 Å². The first-order chi connectivity index (χ1) is 15.2. The number of carbonyl (C=O) groups is 2. The van der Waals surface area contributed by atoms with Crippen molar-refractivity contribution in [2.45, 2.75) is 48.7 Å². The minimum atomic E-state index is -2.96. The summed E-state index contributed by atoms with van der Waals surface area (Å²) >= 11 is 0. The second-order valence-electron chi connectivity index (χ2n) is 8.27. The second kappa shape index (κ2) is 10.3. The molecule has 1 unspecified atom stereocenters. The zero-order chi connectivity index (χ0) is 23.2. The maximum Gasteiger partial charge on any atom is 0.236 e. The lowest BCUT2D eigenvalue weighted by atomic mass is 9.98. The first kappa shape index (κ1) is 24.0. The van der Waals surface area contributed by atoms with Crippen LogP contribution in [0.2, 0.25) is 0 Å². The van der Waals surface area contributed by atoms with Gasteiger partial charge in [0, 0.05) is 40.5 Å². The molecule has 172 valence electrons. The highest BCUT2D eigenvalue weighted by atomic mass is 32.2. The summed E-state index contributed by atoms with van der Waals surface area (Å²) in [7, 11) is -2.96. The molecule has 7 heteroatoms. The van der Waals surface area contributed by atoms with Gasteiger partial charge < -0.3 is 15.2 Å². The number of ether oxygens (including phenoxy) is 2. The molecule has 1 saturated heterocycles. The van der Waals surface area contributed by atoms with Crippen molar-refractivity contribution in [3.8, 4) is 5.75 Å². The van der Waals surface area contributed by atoms with Crippen LogP contribution in [-0.4, -0.2) is 46.3 Å². The summed E-state index contributed by atoms with van der Waals surface area (Å²) in [5.41, 5.74) is 7.84. The normalized spacial score (nSPS) is 17.3. The number of ketones is 1. The molecule has 2 aromatic carbocycles. The highest BCUT2D eigenvalue weighted by molar-refractivity contribution is 8.02. The van der Waals surface area contributed by atoms with Crippen LogP contribution < -0.4 is 10.5 Å². The third-order valence-corrected chi connectivity index (χ3v) is 8.88. The van der Waals surface area contributed by atoms with Crippen LogP contribution >= 0.6 is 0 Å². The number of carbonyl (C=O) groups excluding carboxylic acids is 2. The van der Waals surface area contributed by atoms with Gasteiger partial charge in [-0.05, 0) is 61.9 Å². The summed E-state index contributed by atoms with van der Waals surface area (Å²) in [5, 5.41) is 0. The van der Waals surface area contributed by atoms with Crippen LogP contribution in [0.4, 0.5) is 0 Å². The van der Waals surface area contributed by atoms with Gasteiger partial charge in [0.25, 0.3) is 0 Å². The summed E-state index contributed by atoms with van der Waals surface area (Å²) in [5.74, 6) is 4.10. The van der Waals surface area contributed by atoms with E-state index in [1.807, 2.05) is 31.2 Å². The number of benzene rings is 2. The van der Waals surface area contributed by atoms with Gasteiger partial charge in [-0.15, -0.1) is 0 Å². The Labute approximate surface area is 190 Å². The SMILES string of the molecule is C=S(=O)(c1ccc(OCCCC(=O)Cc2ccc(C)cc2)cc1)C1(C(N)=O)CCOCC1. The molecule has 2 aromatic rings. The van der Waals surface area contributed by atoms with E-state index >= 15 is 0 Å². The predicted octanol–water partition coefficient (Wildman–Crippen LogP) is 3.08. The van der Waals surface area contributed by atoms with Crippen LogP contribution in [0, 0.1) is 6.92 Å². The van der Waals surface area contributed by atoms with Gasteiger partial charge in [0.15, 0.2) is 0 Å². The van der Waals surface area contributed by atoms with Gasteiger partial charge in [0.1, 0.15) is 16.3 Å². The van der Waals surface area contributed by atoms with E-state index in [9.17, 15) is 13.8 Å². The summed E-state index contributed by atoms with van der Waals surface area (Å²) < 4.78 is 23.4. The van der Waals surface area contributed by atoms with Crippen LogP contribution in [0.3, 0.4) is 0 Å². The fourth-order valence-corrected chi connectivity index (χ4v) is 6.08. The lowest BCUT2D eigenvalue weighted by Gasteiger charge is -2.37. The number of rotatable bonds is 10. The van der Waals surface area contributed by atoms with Gasteiger partial charge in [-0.1, -0.05) is 29.8 Å². The minimum Gasteiger partial charge on any atom is -0.494 e. The topological polar surface area (TPSA) is 95.7 Å². The molecular formula is C25H31NO5S. The molecule has 0 saturated carbocycles. The highest BCUT2D eigenvalue weighted by Gasteiger charge is 2.46. The second-order valence-corrected chi connectivity index (χ2v) is 10.9. The molecule has 1 heterocycles. The maximum atomic E-state index is 13.6. The quantitative estimate of drug-likeness (QED) is 0.437. The number of aryl methyl sites for hydroxylation is 1. The molecule has 1 aliphatic rings. The molecule has 0 spiro atoms. The van der Waals surface area contributed by atoms with Crippen molar-refractivity contribution in [3.63, 3.8) is 0 Å². The van der Waals surface area contributed by atoms with Crippen molar-refractivity contribution in [1.82, 2.24) is 0 Å². The minimum absolute atomic E-state index is 0.179. The van der Waals surface area contributed by atoms with E-state index in [1.165, 1.54) is 5.56 Å². The van der Waals surface area contributed by atoms with Crippen LogP contribution in [-0.2, 0) is 30.3 Å². The average Bonchev–Trinajstić information content (AvgIpc) is 2.79. The Kier molecular flexibility index (Phi) is 7.74. The smallest absolute Gasteiger partial charge is 0.236 e. The number of amides is 1. The molecule has 1 atom stereocenters. The summed E-state index contributed by atoms with van der Waals surface area (Å²) in [6.07, 6.45) is 2.07. The molecule has 6 nitrogen and oxygen atoms in total. The van der Waals surface area contributed by atoms with Crippen LogP contribution in [0.15, 0.2) is 53.4 Å². The third-order valence-electron chi connectivity index (χ3n) is 5.98. The zero-order valence-corrected chi connectivity index (χ0v) is 19.3. The fourth-order valence-electron chi connectivity index (χ4n) is 3.90. The van der Waals surface area contributed by atoms with Gasteiger partial charge in [0.05, 0.1) is 6.61 Å². The predicted molar refractivity (Wildman–Crippen MR) is 127 cm³/mol. The lowest BCUT2D eigenvalue weighted by Crippen LogP contribution is -2.53. The van der Waals surface area contributed by atoms with Gasteiger partial charge in [-0.25, -0.2) is 0 Å². The molecule has 3 rings (SSSR count). The van der Waals surface area contributed by atoms with E-state index in [4.69, 9.17) is 15.2 Å². The van der Waals surface area contributed by atoms with Gasteiger partial charge in [0.2, 0.25) is 5.91 Å². The van der Waals surface area contributed by atoms with Crippen molar-refractivity contribution in [2.24, 2.45) is 5.73 Å². The molecule has 32 heavy (non-hydrogen) atoms. The van der Waals surface area contributed by atoms with Crippen molar-refractivity contribution in [3.05, 3.63) is 59.7 Å². The summed E-state index contributed by atoms with van der Waals surface area (Å²) in [4.78, 5) is 24.8. The Bertz CT molecular complexity index is 1040. The van der Waals surface area contributed by atoms with E-state index in [-0.39, 0.29) is 5.78 Å². The van der Waals surface area contributed by atoms with Crippen molar-refractivity contribution < 1.29 is 23.3 Å². The molecule has 0 aromatic heterocycles. The molecule has 1 fully saturated rings. The Morgan fingerprint density at radius 3 is 2.31 bits per heavy atom. The van der Waals surface area contributed by atoms with Crippen LogP contribution in [0.1, 0.15) is 36.8 Å². The first-order valence-corrected chi connectivity index (χ1v) is 12.5. The largest absolute Gasteiger partial charge is 0.494 e. The molecule has 0 radical (unpaired) electrons. The number of hydrogen-bond acceptors (Lipinski definition) is 5. The van der Waals surface area contributed by atoms with Gasteiger partial charge in [-0.2, -0.15) is 0 Å². The third kappa shape index (κ3) is 5.40. The van der Waals surface area contributed by atoms with Crippen molar-refractivity contribution in [1.29, 1.82) is 0 Å². The van der Waals surface area contributed by atoms with E-state index in [0.29, 0.717) is 62.6 Å². The van der Waals surface area contributed by atoms with Crippen LogP contribution in [0.25, 0.3) is 0 Å². The van der Waals surface area contributed by atoms with Crippen molar-refractivity contribution >= 4 is 27.1 Å². The number of hydrogen-bond donors (Lipinski definition) is 1. The van der Waals surface area contributed by atoms with Crippen LogP contribution in [0.5, 0.6) is 5.75 Å². The van der Waals surface area contributed by atoms with Gasteiger partial charge in [-0.3, -0.25) is 13.8 Å². The average molecular weight is 458 g/mol. The Hall–Kier alpha value is -2.64. The molecule has 0 aliphatic carbocycles. The van der Waals surface area contributed by atoms with E-state index in [0.717, 1.165) is 5.56 Å². The van der Waals surface area contributed by atoms with Crippen molar-refractivity contribution in [2.75, 3.05) is 19.8 Å². The van der Waals surface area contributed by atoms with E-state index in [2.05, 4.69) is 5.87 Å². The Morgan fingerprint density at radius 1 is 1.09 bits per heavy atom. The lowest BCUT2D eigenvalue weighted by molar-refractivity contribution is -0.122. The zero-order valence-electron chi connectivity index (χ0n) is 18.5. The molecule has 0 bridgehead atoms. The molecule has 1 amide bonds. The van der Waals surface area contributed by atoms with E-state index in [1.54, 1.807) is 24.3 Å². The summed E-state index contributed by atoms with van der Waals surface area (Å²) in [6.45, 7) is 3.09. The molecule has 2 N–H and O–H groups in total. The first-order valence-electron chi connectivity index (χ1n) is 10.8. The summed E-state index contributed by atoms with van der Waals surface area (Å²) in [6, 6.07) is 14.7. The highest BCUT2D eigenvalue weighted by Crippen LogP contribution is 2.35. The number of nitrogens with two attached hydrogens (primary N) is 1. The Morgan fingerprint density at radius 2 is 1.72 bits per heavy atom. The molecule has 1 aliphatic heterocycles. The molecular weight excluding hydrogens is 426 g/mol. The number of primary amides is 1. The fraction of sp³-hybridized carbons (Fsp3) is 0.400.